The van der Waals surface area contributed by atoms with Crippen LogP contribution in [0.15, 0.2) is 72.0 Å². The third-order valence-corrected chi connectivity index (χ3v) is 5.89. The molecule has 2 heterocycles. The lowest BCUT2D eigenvalue weighted by Gasteiger charge is -2.09. The topological polar surface area (TPSA) is 102 Å². The van der Waals surface area contributed by atoms with Crippen LogP contribution in [0.5, 0.6) is 0 Å². The van der Waals surface area contributed by atoms with Gasteiger partial charge in [0.1, 0.15) is 12.1 Å². The van der Waals surface area contributed by atoms with Crippen LogP contribution in [0.4, 0.5) is 5.95 Å². The number of halogens is 1. The predicted molar refractivity (Wildman–Crippen MR) is 112 cm³/mol. The van der Waals surface area contributed by atoms with E-state index in [1.54, 1.807) is 18.6 Å². The van der Waals surface area contributed by atoms with E-state index in [4.69, 9.17) is 11.6 Å². The number of para-hydroxylation sites is 2. The van der Waals surface area contributed by atoms with Gasteiger partial charge in [-0.25, -0.2) is 23.1 Å². The van der Waals surface area contributed by atoms with Crippen molar-refractivity contribution in [3.63, 3.8) is 0 Å². The lowest BCUT2D eigenvalue weighted by atomic mass is 10.3. The summed E-state index contributed by atoms with van der Waals surface area (Å²) >= 11 is 5.79. The van der Waals surface area contributed by atoms with Gasteiger partial charge in [-0.2, -0.15) is 4.98 Å². The largest absolute Gasteiger partial charge is 0.353 e. The van der Waals surface area contributed by atoms with Crippen molar-refractivity contribution in [2.24, 2.45) is 0 Å². The normalized spacial score (nSPS) is 11.6. The van der Waals surface area contributed by atoms with Crippen molar-refractivity contribution in [2.45, 2.75) is 4.90 Å². The van der Waals surface area contributed by atoms with Gasteiger partial charge in [0.15, 0.2) is 0 Å². The molecule has 0 bridgehead atoms. The van der Waals surface area contributed by atoms with Gasteiger partial charge in [-0.05, 0) is 42.5 Å². The molecule has 2 aromatic heterocycles. The van der Waals surface area contributed by atoms with E-state index < -0.39 is 10.0 Å². The van der Waals surface area contributed by atoms with Gasteiger partial charge >= 0.3 is 0 Å². The molecular weight excluding hydrogens is 412 g/mol. The molecule has 4 rings (SSSR count). The Morgan fingerprint density at radius 3 is 2.59 bits per heavy atom. The third-order valence-electron chi connectivity index (χ3n) is 4.17. The molecule has 0 radical (unpaired) electrons. The lowest BCUT2D eigenvalue weighted by Crippen LogP contribution is -2.29. The number of nitrogens with one attached hydrogen (secondary N) is 2. The van der Waals surface area contributed by atoms with E-state index in [0.29, 0.717) is 23.3 Å². The smallest absolute Gasteiger partial charge is 0.240 e. The molecule has 2 N–H and O–H groups in total. The molecule has 0 saturated heterocycles. The number of anilines is 1. The van der Waals surface area contributed by atoms with Crippen molar-refractivity contribution in [3.8, 4) is 5.82 Å². The molecule has 4 aromatic rings. The lowest BCUT2D eigenvalue weighted by molar-refractivity contribution is 0.583. The quantitative estimate of drug-likeness (QED) is 0.439. The Bertz CT molecular complexity index is 1240. The molecular formula is C19H17ClN6O2S. The molecule has 148 valence electrons. The molecule has 29 heavy (non-hydrogen) atoms. The first-order valence-electron chi connectivity index (χ1n) is 8.77. The summed E-state index contributed by atoms with van der Waals surface area (Å²) in [5, 5.41) is 3.50. The van der Waals surface area contributed by atoms with Crippen LogP contribution in [0.2, 0.25) is 5.02 Å². The number of fused-ring (bicyclic) bond motifs is 1. The fraction of sp³-hybridized carbons (Fsp3) is 0.105. The predicted octanol–water partition coefficient (Wildman–Crippen LogP) is 2.86. The van der Waals surface area contributed by atoms with Gasteiger partial charge in [0.2, 0.25) is 16.0 Å². The van der Waals surface area contributed by atoms with Crippen LogP contribution >= 0.6 is 11.6 Å². The summed E-state index contributed by atoms with van der Waals surface area (Å²) in [5.74, 6) is 1.06. The average Bonchev–Trinajstić information content (AvgIpc) is 3.16. The van der Waals surface area contributed by atoms with Crippen LogP contribution in [-0.4, -0.2) is 41.0 Å². The number of sulfonamides is 1. The zero-order valence-electron chi connectivity index (χ0n) is 15.2. The number of nitrogens with zero attached hydrogens (tertiary/aromatic N) is 4. The standard InChI is InChI=1S/C19H17ClN6O2S/c20-14-5-7-15(8-6-14)29(27,28)24-12-11-22-19-21-10-9-18(25-19)26-13-23-16-3-1-2-4-17(16)26/h1-10,13,24H,11-12H2,(H,21,22,25). The maximum atomic E-state index is 12.3. The number of benzene rings is 2. The molecule has 0 spiro atoms. The van der Waals surface area contributed by atoms with E-state index in [0.717, 1.165) is 11.0 Å². The van der Waals surface area contributed by atoms with E-state index in [2.05, 4.69) is 25.0 Å². The fourth-order valence-corrected chi connectivity index (χ4v) is 3.92. The summed E-state index contributed by atoms with van der Waals surface area (Å²) < 4.78 is 28.9. The van der Waals surface area contributed by atoms with Crippen molar-refractivity contribution in [3.05, 3.63) is 72.1 Å². The monoisotopic (exact) mass is 428 g/mol. The van der Waals surface area contributed by atoms with Gasteiger partial charge < -0.3 is 5.32 Å². The van der Waals surface area contributed by atoms with Crippen LogP contribution in [0.3, 0.4) is 0 Å². The molecule has 0 amide bonds. The summed E-state index contributed by atoms with van der Waals surface area (Å²) in [7, 11) is -3.60. The van der Waals surface area contributed by atoms with Crippen molar-refractivity contribution in [2.75, 3.05) is 18.4 Å². The molecule has 0 saturated carbocycles. The summed E-state index contributed by atoms with van der Waals surface area (Å²) in [6, 6.07) is 15.5. The summed E-state index contributed by atoms with van der Waals surface area (Å²) in [6.45, 7) is 0.494. The first-order chi connectivity index (χ1) is 14.0. The molecule has 0 aliphatic rings. The fourth-order valence-electron chi connectivity index (χ4n) is 2.77. The van der Waals surface area contributed by atoms with Crippen molar-refractivity contribution in [1.82, 2.24) is 24.2 Å². The van der Waals surface area contributed by atoms with Gasteiger partial charge in [-0.15, -0.1) is 0 Å². The summed E-state index contributed by atoms with van der Waals surface area (Å²) in [5.41, 5.74) is 1.81. The Morgan fingerprint density at radius 2 is 1.76 bits per heavy atom. The van der Waals surface area contributed by atoms with Gasteiger partial charge in [-0.3, -0.25) is 4.57 Å². The van der Waals surface area contributed by atoms with Crippen LogP contribution < -0.4 is 10.0 Å². The second-order valence-corrected chi connectivity index (χ2v) is 8.32. The van der Waals surface area contributed by atoms with Crippen LogP contribution in [-0.2, 0) is 10.0 Å². The molecule has 10 heteroatoms. The van der Waals surface area contributed by atoms with E-state index in [-0.39, 0.29) is 11.4 Å². The number of hydrogen-bond acceptors (Lipinski definition) is 6. The molecule has 0 unspecified atom stereocenters. The Kier molecular flexibility index (Phi) is 5.43. The maximum absolute atomic E-state index is 12.3. The highest BCUT2D eigenvalue weighted by Crippen LogP contribution is 2.17. The highest BCUT2D eigenvalue weighted by molar-refractivity contribution is 7.89. The van der Waals surface area contributed by atoms with E-state index in [1.807, 2.05) is 28.8 Å². The van der Waals surface area contributed by atoms with Crippen molar-refractivity contribution >= 4 is 38.6 Å². The Balaban J connectivity index is 1.40. The second kappa shape index (κ2) is 8.16. The summed E-state index contributed by atoms with van der Waals surface area (Å²) in [6.07, 6.45) is 3.34. The Labute approximate surface area is 172 Å². The number of aromatic nitrogens is 4. The average molecular weight is 429 g/mol. The molecule has 0 atom stereocenters. The number of hydrogen-bond donors (Lipinski definition) is 2. The first kappa shape index (κ1) is 19.3. The van der Waals surface area contributed by atoms with Crippen molar-refractivity contribution in [1.29, 1.82) is 0 Å². The second-order valence-electron chi connectivity index (χ2n) is 6.12. The molecule has 8 nitrogen and oxygen atoms in total. The van der Waals surface area contributed by atoms with E-state index in [9.17, 15) is 8.42 Å². The van der Waals surface area contributed by atoms with Gasteiger partial charge in [-0.1, -0.05) is 23.7 Å². The molecule has 2 aromatic carbocycles. The van der Waals surface area contributed by atoms with Gasteiger partial charge in [0.25, 0.3) is 0 Å². The Morgan fingerprint density at radius 1 is 0.966 bits per heavy atom. The highest BCUT2D eigenvalue weighted by Gasteiger charge is 2.13. The third kappa shape index (κ3) is 4.37. The van der Waals surface area contributed by atoms with E-state index in [1.165, 1.54) is 24.3 Å². The van der Waals surface area contributed by atoms with E-state index >= 15 is 0 Å². The Hall–Kier alpha value is -3.01. The zero-order chi connectivity index (χ0) is 20.3. The molecule has 0 aliphatic carbocycles. The minimum Gasteiger partial charge on any atom is -0.353 e. The van der Waals surface area contributed by atoms with Crippen LogP contribution in [0, 0.1) is 0 Å². The van der Waals surface area contributed by atoms with Crippen LogP contribution in [0.1, 0.15) is 0 Å². The van der Waals surface area contributed by atoms with Crippen LogP contribution in [0.25, 0.3) is 16.9 Å². The minimum absolute atomic E-state index is 0.159. The SMILES string of the molecule is O=S(=O)(NCCNc1nccc(-n2cnc3ccccc32)n1)c1ccc(Cl)cc1. The highest BCUT2D eigenvalue weighted by atomic mass is 35.5. The maximum Gasteiger partial charge on any atom is 0.240 e. The van der Waals surface area contributed by atoms with Gasteiger partial charge in [0.05, 0.1) is 15.9 Å². The van der Waals surface area contributed by atoms with Crippen molar-refractivity contribution < 1.29 is 8.42 Å². The summed E-state index contributed by atoms with van der Waals surface area (Å²) in [4.78, 5) is 13.2. The number of imidazole rings is 1. The number of rotatable bonds is 7. The molecule has 0 fully saturated rings. The zero-order valence-corrected chi connectivity index (χ0v) is 16.7. The molecule has 0 aliphatic heterocycles. The first-order valence-corrected chi connectivity index (χ1v) is 10.6. The minimum atomic E-state index is -3.60. The van der Waals surface area contributed by atoms with Gasteiger partial charge in [0, 0.05) is 24.3 Å².